The molecule has 128 valence electrons. The van der Waals surface area contributed by atoms with E-state index in [9.17, 15) is 19.1 Å². The zero-order valence-electron chi connectivity index (χ0n) is 14.1. The Bertz CT molecular complexity index is 733. The van der Waals surface area contributed by atoms with E-state index in [0.29, 0.717) is 24.8 Å². The van der Waals surface area contributed by atoms with Gasteiger partial charge in [0.15, 0.2) is 17.7 Å². The molecule has 3 nitrogen and oxygen atoms in total. The van der Waals surface area contributed by atoms with Crippen molar-refractivity contribution in [1.82, 2.24) is 0 Å². The van der Waals surface area contributed by atoms with Crippen molar-refractivity contribution in [2.24, 2.45) is 28.6 Å². The molecule has 0 aromatic rings. The second kappa shape index (κ2) is 4.68. The topological polar surface area (TPSA) is 54.4 Å². The number of carbonyl (C=O) groups excluding carboxylic acids is 2. The fourth-order valence-corrected chi connectivity index (χ4v) is 6.10. The second-order valence-corrected chi connectivity index (χ2v) is 8.41. The highest BCUT2D eigenvalue weighted by molar-refractivity contribution is 6.04. The molecule has 0 heterocycles. The molecular weight excluding hydrogens is 307 g/mol. The lowest BCUT2D eigenvalue weighted by atomic mass is 9.47. The van der Waals surface area contributed by atoms with E-state index in [1.165, 1.54) is 6.08 Å². The molecule has 3 fully saturated rings. The summed E-state index contributed by atoms with van der Waals surface area (Å²) in [6.45, 7) is 8.07. The smallest absolute Gasteiger partial charge is 0.220 e. The summed E-state index contributed by atoms with van der Waals surface area (Å²) in [4.78, 5) is 24.3. The Labute approximate surface area is 141 Å². The van der Waals surface area contributed by atoms with Crippen LogP contribution in [0.25, 0.3) is 0 Å². The van der Waals surface area contributed by atoms with Crippen molar-refractivity contribution in [3.8, 4) is 0 Å². The van der Waals surface area contributed by atoms with Crippen molar-refractivity contribution in [3.05, 3.63) is 35.6 Å². The van der Waals surface area contributed by atoms with Gasteiger partial charge in [0, 0.05) is 16.4 Å². The second-order valence-electron chi connectivity index (χ2n) is 8.41. The van der Waals surface area contributed by atoms with Crippen molar-refractivity contribution in [3.63, 3.8) is 0 Å². The molecule has 4 aliphatic carbocycles. The van der Waals surface area contributed by atoms with E-state index in [1.54, 1.807) is 0 Å². The van der Waals surface area contributed by atoms with Crippen LogP contribution < -0.4 is 0 Å². The number of aliphatic hydroxyl groups excluding tert-OH is 1. The lowest BCUT2D eigenvalue weighted by Gasteiger charge is -2.55. The first kappa shape index (κ1) is 15.8. The third-order valence-electron chi connectivity index (χ3n) is 7.33. The molecule has 4 rings (SSSR count). The Morgan fingerprint density at radius 1 is 1.29 bits per heavy atom. The molecule has 24 heavy (non-hydrogen) atoms. The van der Waals surface area contributed by atoms with Gasteiger partial charge in [-0.1, -0.05) is 26.5 Å². The molecule has 0 aliphatic heterocycles. The predicted octanol–water partition coefficient (Wildman–Crippen LogP) is 3.86. The van der Waals surface area contributed by atoms with Gasteiger partial charge in [-0.3, -0.25) is 9.59 Å². The number of Topliss-reactive ketones (excluding diaryl/α,β-unsaturated/α-hetero) is 1. The number of alkyl halides is 1. The quantitative estimate of drug-likeness (QED) is 0.734. The molecular formula is C20H23FO3. The molecule has 6 atom stereocenters. The number of aliphatic hydroxyl groups is 1. The Balaban J connectivity index is 1.80. The van der Waals surface area contributed by atoms with Gasteiger partial charge < -0.3 is 5.11 Å². The highest BCUT2D eigenvalue weighted by Gasteiger charge is 2.62. The van der Waals surface area contributed by atoms with Crippen LogP contribution in [0.1, 0.15) is 39.5 Å². The summed E-state index contributed by atoms with van der Waals surface area (Å²) in [5.41, 5.74) is 0.375. The highest BCUT2D eigenvalue weighted by atomic mass is 19.1. The van der Waals surface area contributed by atoms with Gasteiger partial charge in [-0.05, 0) is 55.1 Å². The van der Waals surface area contributed by atoms with E-state index in [-0.39, 0.29) is 35.1 Å². The average Bonchev–Trinajstić information content (AvgIpc) is 2.75. The van der Waals surface area contributed by atoms with E-state index in [0.717, 1.165) is 12.0 Å². The predicted molar refractivity (Wildman–Crippen MR) is 88.0 cm³/mol. The maximum absolute atomic E-state index is 14.2. The molecule has 0 saturated heterocycles. The minimum Gasteiger partial charge on any atom is -0.504 e. The summed E-state index contributed by atoms with van der Waals surface area (Å²) in [6, 6.07) is 0. The van der Waals surface area contributed by atoms with E-state index >= 15 is 0 Å². The van der Waals surface area contributed by atoms with Crippen LogP contribution in [0, 0.1) is 28.6 Å². The summed E-state index contributed by atoms with van der Waals surface area (Å²) < 4.78 is 14.2. The number of halogens is 1. The van der Waals surface area contributed by atoms with Crippen LogP contribution in [-0.2, 0) is 9.59 Å². The molecule has 1 N–H and O–H groups in total. The normalized spacial score (nSPS) is 47.5. The number of rotatable bonds is 0. The summed E-state index contributed by atoms with van der Waals surface area (Å²) in [6.07, 6.45) is 4.38. The van der Waals surface area contributed by atoms with Gasteiger partial charge in [0.1, 0.15) is 0 Å². The number of allylic oxidation sites excluding steroid dienone is 4. The standard InChI is InChI=1S/C20H23FO3/c1-10-8-11-12(19(2)7-5-15(22)17(23)16(10)19)4-6-20(3)13(11)9-14(21)18(20)24/h5,7,11-14,23H,1,4,6,8-9H2,2-3H3/t11-,12+,13+,14-,19-,20+/m1/s1. The third-order valence-corrected chi connectivity index (χ3v) is 7.33. The van der Waals surface area contributed by atoms with Crippen molar-refractivity contribution >= 4 is 11.6 Å². The third kappa shape index (κ3) is 1.72. The Morgan fingerprint density at radius 3 is 2.71 bits per heavy atom. The Kier molecular flexibility index (Phi) is 3.08. The van der Waals surface area contributed by atoms with Crippen LogP contribution in [0.2, 0.25) is 0 Å². The van der Waals surface area contributed by atoms with Crippen molar-refractivity contribution in [1.29, 1.82) is 0 Å². The highest BCUT2D eigenvalue weighted by Crippen LogP contribution is 2.65. The van der Waals surface area contributed by atoms with Gasteiger partial charge in [0.25, 0.3) is 0 Å². The largest absolute Gasteiger partial charge is 0.504 e. The van der Waals surface area contributed by atoms with E-state index in [1.807, 2.05) is 19.9 Å². The van der Waals surface area contributed by atoms with Crippen LogP contribution in [0.4, 0.5) is 4.39 Å². The van der Waals surface area contributed by atoms with Gasteiger partial charge >= 0.3 is 0 Å². The summed E-state index contributed by atoms with van der Waals surface area (Å²) in [5.74, 6) is -0.423. The molecule has 0 unspecified atom stereocenters. The van der Waals surface area contributed by atoms with Crippen LogP contribution >= 0.6 is 0 Å². The molecule has 0 aromatic carbocycles. The van der Waals surface area contributed by atoms with E-state index in [2.05, 4.69) is 6.58 Å². The minimum absolute atomic E-state index is 0.0158. The molecule has 3 saturated carbocycles. The molecule has 0 aromatic heterocycles. The lowest BCUT2D eigenvalue weighted by molar-refractivity contribution is -0.134. The fraction of sp³-hybridized carbons (Fsp3) is 0.600. The number of hydrogen-bond donors (Lipinski definition) is 1. The molecule has 0 radical (unpaired) electrons. The number of ketones is 2. The maximum atomic E-state index is 14.2. The molecule has 0 bridgehead atoms. The van der Waals surface area contributed by atoms with Gasteiger partial charge in [0.2, 0.25) is 5.78 Å². The van der Waals surface area contributed by atoms with Gasteiger partial charge in [0.05, 0.1) is 0 Å². The first-order valence-electron chi connectivity index (χ1n) is 8.74. The van der Waals surface area contributed by atoms with E-state index < -0.39 is 17.0 Å². The van der Waals surface area contributed by atoms with Crippen molar-refractivity contribution in [2.75, 3.05) is 0 Å². The summed E-state index contributed by atoms with van der Waals surface area (Å²) >= 11 is 0. The first-order valence-corrected chi connectivity index (χ1v) is 8.74. The van der Waals surface area contributed by atoms with Crippen LogP contribution in [0.5, 0.6) is 0 Å². The number of hydrogen-bond acceptors (Lipinski definition) is 3. The summed E-state index contributed by atoms with van der Waals surface area (Å²) in [7, 11) is 0. The monoisotopic (exact) mass is 330 g/mol. The van der Waals surface area contributed by atoms with Crippen molar-refractivity contribution < 1.29 is 19.1 Å². The van der Waals surface area contributed by atoms with Gasteiger partial charge in [-0.2, -0.15) is 0 Å². The van der Waals surface area contributed by atoms with Crippen LogP contribution in [0.3, 0.4) is 0 Å². The zero-order valence-corrected chi connectivity index (χ0v) is 14.1. The zero-order chi connectivity index (χ0) is 17.4. The molecule has 4 heteroatoms. The van der Waals surface area contributed by atoms with Crippen molar-refractivity contribution in [2.45, 2.75) is 45.7 Å². The summed E-state index contributed by atoms with van der Waals surface area (Å²) in [5, 5.41) is 10.3. The number of carbonyl (C=O) groups is 2. The fourth-order valence-electron chi connectivity index (χ4n) is 6.10. The van der Waals surface area contributed by atoms with Gasteiger partial charge in [-0.25, -0.2) is 4.39 Å². The van der Waals surface area contributed by atoms with E-state index in [4.69, 9.17) is 0 Å². The molecule has 0 spiro atoms. The lowest BCUT2D eigenvalue weighted by Crippen LogP contribution is -2.50. The molecule has 0 amide bonds. The molecule has 4 aliphatic rings. The van der Waals surface area contributed by atoms with Gasteiger partial charge in [-0.15, -0.1) is 0 Å². The SMILES string of the molecule is C=C1C[C@@H]2[C@H](CC[C@]3(C)C(=O)[C@H](F)C[C@@H]23)[C@@]2(C)C=CC(=O)C(O)=C12. The maximum Gasteiger partial charge on any atom is 0.220 e. The van der Waals surface area contributed by atoms with Crippen LogP contribution in [0.15, 0.2) is 35.6 Å². The minimum atomic E-state index is -1.35. The first-order chi connectivity index (χ1) is 11.2. The number of fused-ring (bicyclic) bond motifs is 5. The Hall–Kier alpha value is -1.71. The van der Waals surface area contributed by atoms with Crippen LogP contribution in [-0.4, -0.2) is 22.8 Å². The average molecular weight is 330 g/mol. The Morgan fingerprint density at radius 2 is 2.00 bits per heavy atom.